The molecule has 3 N–H and O–H groups in total. The van der Waals surface area contributed by atoms with Crippen LogP contribution in [0.25, 0.3) is 0 Å². The number of hydrogen-bond acceptors (Lipinski definition) is 3. The van der Waals surface area contributed by atoms with Gasteiger partial charge in [0, 0.05) is 9.60 Å². The third kappa shape index (κ3) is 4.29. The van der Waals surface area contributed by atoms with E-state index in [1.807, 2.05) is 0 Å². The molecule has 9 heavy (non-hydrogen) atoms. The van der Waals surface area contributed by atoms with E-state index in [2.05, 4.69) is 0 Å². The fourth-order valence-electron chi connectivity index (χ4n) is 0.155. The van der Waals surface area contributed by atoms with Gasteiger partial charge in [-0.25, -0.2) is 0 Å². The predicted molar refractivity (Wildman–Crippen MR) is 38.6 cm³/mol. The maximum absolute atomic E-state index is 10.5. The molecule has 0 aliphatic heterocycles. The van der Waals surface area contributed by atoms with Crippen molar-refractivity contribution in [2.45, 2.75) is 12.4 Å². The number of carboxylic acid groups (broad SMARTS) is 1. The van der Waals surface area contributed by atoms with E-state index < -0.39 is 30.3 Å². The predicted octanol–water partition coefficient (Wildman–Crippen LogP) is 0.151. The highest BCUT2D eigenvalue weighted by Crippen LogP contribution is 1.97. The first kappa shape index (κ1) is 2.43. The first-order valence-electron chi connectivity index (χ1n) is 5.50. The van der Waals surface area contributed by atoms with Crippen molar-refractivity contribution in [3.05, 3.63) is 0 Å². The quantitative estimate of drug-likeness (QED) is 0.608. The number of thioether (sulfide) groups is 1. The largest absolute Gasteiger partial charge is 0.480 e. The van der Waals surface area contributed by atoms with Crippen molar-refractivity contribution in [3.63, 3.8) is 0 Å². The van der Waals surface area contributed by atoms with Crippen LogP contribution in [0, 0.1) is 0 Å². The van der Waals surface area contributed by atoms with Gasteiger partial charge in [0.15, 0.2) is 0 Å². The Bertz CT molecular complexity index is 278. The highest BCUT2D eigenvalue weighted by molar-refractivity contribution is 7.98. The molecule has 0 aromatic rings. The molecule has 0 aromatic carbocycles. The summed E-state index contributed by atoms with van der Waals surface area (Å²) < 4.78 is 49.5. The van der Waals surface area contributed by atoms with Crippen LogP contribution in [-0.2, 0) is 4.79 Å². The number of carbonyl (C=O) groups is 1. The molecule has 0 saturated carbocycles. The van der Waals surface area contributed by atoms with Crippen LogP contribution >= 0.6 is 11.8 Å². The zero-order valence-corrected chi connectivity index (χ0v) is 5.23. The van der Waals surface area contributed by atoms with Crippen LogP contribution in [0.3, 0.4) is 0 Å². The van der Waals surface area contributed by atoms with Crippen LogP contribution in [0.4, 0.5) is 0 Å². The molecule has 0 spiro atoms. The standard InChI is InChI=1S/C5H11NO2S/c1-9-3-2-4(6)5(7)8/h4H,2-3,6H2,1H3,(H,7,8)/t4-/m0/s1/i1D3,2D2,3D2. The van der Waals surface area contributed by atoms with Gasteiger partial charge in [0.2, 0.25) is 0 Å². The third-order valence-electron chi connectivity index (χ3n) is 0.532. The van der Waals surface area contributed by atoms with Gasteiger partial charge in [-0.1, -0.05) is 0 Å². The second kappa shape index (κ2) is 4.64. The molecular formula is C5H11NO2S. The third-order valence-corrected chi connectivity index (χ3v) is 0.751. The lowest BCUT2D eigenvalue weighted by Crippen LogP contribution is -2.30. The van der Waals surface area contributed by atoms with Gasteiger partial charge in [-0.3, -0.25) is 4.79 Å². The topological polar surface area (TPSA) is 63.3 Å². The van der Waals surface area contributed by atoms with E-state index in [1.54, 1.807) is 0 Å². The van der Waals surface area contributed by atoms with E-state index in [9.17, 15) is 4.79 Å². The molecule has 0 heterocycles. The Morgan fingerprint density at radius 3 is 3.33 bits per heavy atom. The summed E-state index contributed by atoms with van der Waals surface area (Å²) in [5.41, 5.74) is 2.05. The Morgan fingerprint density at radius 2 is 2.89 bits per heavy atom. The summed E-state index contributed by atoms with van der Waals surface area (Å²) in [7, 11) is 0. The van der Waals surface area contributed by atoms with Crippen LogP contribution < -0.4 is 5.73 Å². The number of nitrogens with two attached hydrogens (primary N) is 1. The lowest BCUT2D eigenvalue weighted by molar-refractivity contribution is -0.138. The maximum atomic E-state index is 10.5. The van der Waals surface area contributed by atoms with Gasteiger partial charge in [-0.05, 0) is 18.3 Å². The molecule has 4 heteroatoms. The molecule has 0 aromatic heterocycles. The number of aliphatic carboxylic acids is 1. The minimum Gasteiger partial charge on any atom is -0.480 e. The van der Waals surface area contributed by atoms with E-state index in [-0.39, 0.29) is 11.8 Å². The first-order chi connectivity index (χ1) is 6.81. The lowest BCUT2D eigenvalue weighted by Gasteiger charge is -2.02. The summed E-state index contributed by atoms with van der Waals surface area (Å²) in [6.07, 6.45) is -5.78. The van der Waals surface area contributed by atoms with Crippen molar-refractivity contribution in [1.29, 1.82) is 0 Å². The van der Waals surface area contributed by atoms with Crippen LogP contribution in [-0.4, -0.2) is 29.0 Å². The fraction of sp³-hybridized carbons (Fsp3) is 0.800. The van der Waals surface area contributed by atoms with Gasteiger partial charge < -0.3 is 10.8 Å². The number of carboxylic acids is 1. The van der Waals surface area contributed by atoms with Gasteiger partial charge in [0.05, 0.1) is 0 Å². The molecule has 0 rings (SSSR count). The summed E-state index contributed by atoms with van der Waals surface area (Å²) in [6.45, 7) is 0. The fourth-order valence-corrected chi connectivity index (χ4v) is 0.341. The van der Waals surface area contributed by atoms with Crippen molar-refractivity contribution >= 4 is 17.7 Å². The Balaban J connectivity index is 5.05. The summed E-state index contributed by atoms with van der Waals surface area (Å²) in [4.78, 5) is 10.5. The zero-order valence-electron chi connectivity index (χ0n) is 11.4. The summed E-state index contributed by atoms with van der Waals surface area (Å²) in [6, 6.07) is -2.14. The molecule has 54 valence electrons. The van der Waals surface area contributed by atoms with Crippen molar-refractivity contribution in [3.8, 4) is 0 Å². The molecule has 0 aliphatic carbocycles. The second-order valence-corrected chi connectivity index (χ2v) is 1.57. The van der Waals surface area contributed by atoms with E-state index >= 15 is 0 Å². The Morgan fingerprint density at radius 1 is 2.22 bits per heavy atom. The van der Waals surface area contributed by atoms with Crippen LogP contribution in [0.2, 0.25) is 0 Å². The van der Waals surface area contributed by atoms with Gasteiger partial charge in [0.25, 0.3) is 0 Å². The lowest BCUT2D eigenvalue weighted by atomic mass is 10.2. The summed E-state index contributed by atoms with van der Waals surface area (Å²) in [5.74, 6) is -1.74. The van der Waals surface area contributed by atoms with Crippen LogP contribution in [0.15, 0.2) is 0 Å². The van der Waals surface area contributed by atoms with E-state index in [4.69, 9.17) is 20.4 Å². The number of hydrogen-bond donors (Lipinski definition) is 2. The van der Waals surface area contributed by atoms with E-state index in [1.165, 1.54) is 0 Å². The molecule has 0 unspecified atom stereocenters. The SMILES string of the molecule is [2H]C([2H])([2H])SC([2H])([2H])C([2H])([2H])[C@H](N)C(=O)O. The average molecular weight is 156 g/mol. The van der Waals surface area contributed by atoms with Gasteiger partial charge in [-0.15, -0.1) is 0 Å². The van der Waals surface area contributed by atoms with Crippen molar-refractivity contribution in [1.82, 2.24) is 0 Å². The van der Waals surface area contributed by atoms with Crippen molar-refractivity contribution in [2.75, 3.05) is 11.9 Å². The smallest absolute Gasteiger partial charge is 0.320 e. The molecule has 1 atom stereocenters. The molecule has 0 amide bonds. The summed E-state index contributed by atoms with van der Waals surface area (Å²) >= 11 is -0.273. The maximum Gasteiger partial charge on any atom is 0.320 e. The molecule has 0 saturated heterocycles. The Labute approximate surface area is 68.5 Å². The average Bonchev–Trinajstić information content (AvgIpc) is 1.97. The van der Waals surface area contributed by atoms with Gasteiger partial charge in [-0.2, -0.15) is 11.8 Å². The van der Waals surface area contributed by atoms with E-state index in [0.717, 1.165) is 0 Å². The van der Waals surface area contributed by atoms with Crippen molar-refractivity contribution < 1.29 is 19.5 Å². The molecular weight excluding hydrogens is 138 g/mol. The van der Waals surface area contributed by atoms with Crippen LogP contribution in [0.1, 0.15) is 16.0 Å². The van der Waals surface area contributed by atoms with Crippen LogP contribution in [0.5, 0.6) is 0 Å². The Kier molecular flexibility index (Phi) is 1.25. The van der Waals surface area contributed by atoms with E-state index in [0.29, 0.717) is 0 Å². The molecule has 3 nitrogen and oxygen atoms in total. The molecule has 0 bridgehead atoms. The van der Waals surface area contributed by atoms with Gasteiger partial charge >= 0.3 is 5.97 Å². The highest BCUT2D eigenvalue weighted by atomic mass is 32.2. The molecule has 0 radical (unpaired) electrons. The molecule has 0 fully saturated rings. The summed E-state index contributed by atoms with van der Waals surface area (Å²) in [5, 5.41) is 8.50. The molecule has 0 aliphatic rings. The monoisotopic (exact) mass is 156 g/mol. The zero-order chi connectivity index (χ0) is 13.4. The first-order valence-corrected chi connectivity index (χ1v) is 2.81. The normalized spacial score (nSPS) is 29.2. The van der Waals surface area contributed by atoms with Crippen molar-refractivity contribution in [2.24, 2.45) is 5.73 Å². The minimum absolute atomic E-state index is 0.273. The Hall–Kier alpha value is -0.220. The second-order valence-electron chi connectivity index (χ2n) is 1.16. The minimum atomic E-state index is -3.00. The highest BCUT2D eigenvalue weighted by Gasteiger charge is 2.08. The number of rotatable bonds is 4. The van der Waals surface area contributed by atoms with Gasteiger partial charge in [0.1, 0.15) is 6.04 Å².